The molecule has 3 aromatic heterocycles. The number of allylic oxidation sites excluding steroid dienone is 1. The van der Waals surface area contributed by atoms with Gasteiger partial charge in [-0.3, -0.25) is 9.97 Å². The quantitative estimate of drug-likeness (QED) is 0.227. The second-order valence-electron chi connectivity index (χ2n) is 11.6. The number of rotatable bonds is 7. The molecule has 1 aromatic carbocycles. The molecule has 4 aromatic rings. The zero-order valence-electron chi connectivity index (χ0n) is 22.0. The molecule has 1 aliphatic heterocycles. The van der Waals surface area contributed by atoms with Gasteiger partial charge in [-0.05, 0) is 69.7 Å². The highest BCUT2D eigenvalue weighted by Gasteiger charge is 2.51. The smallest absolute Gasteiger partial charge is 0.147 e. The SMILES string of the molecule is CC(C)Oc1ccnc2ccc(N3CC4(CC(/C=C/c5c(-c6c(Cl)cncc6Cl)noc5C5CC5)C4)C3)cc12. The molecule has 0 radical (unpaired) electrons. The van der Waals surface area contributed by atoms with Gasteiger partial charge in [0.1, 0.15) is 17.2 Å². The summed E-state index contributed by atoms with van der Waals surface area (Å²) in [6, 6.07) is 8.47. The Morgan fingerprint density at radius 3 is 2.59 bits per heavy atom. The van der Waals surface area contributed by atoms with Gasteiger partial charge in [-0.15, -0.1) is 0 Å². The Balaban J connectivity index is 1.05. The minimum Gasteiger partial charge on any atom is -0.490 e. The van der Waals surface area contributed by atoms with Gasteiger partial charge in [0.15, 0.2) is 0 Å². The molecule has 0 unspecified atom stereocenters. The Labute approximate surface area is 238 Å². The number of aromatic nitrogens is 3. The minimum absolute atomic E-state index is 0.124. The molecule has 200 valence electrons. The molecule has 0 amide bonds. The molecule has 0 bridgehead atoms. The lowest BCUT2D eigenvalue weighted by Gasteiger charge is -2.59. The van der Waals surface area contributed by atoms with E-state index in [9.17, 15) is 0 Å². The Morgan fingerprint density at radius 2 is 1.87 bits per heavy atom. The number of hydrogen-bond acceptors (Lipinski definition) is 6. The number of halogens is 2. The van der Waals surface area contributed by atoms with Crippen molar-refractivity contribution >= 4 is 45.9 Å². The van der Waals surface area contributed by atoms with Crippen LogP contribution in [0.1, 0.15) is 56.8 Å². The van der Waals surface area contributed by atoms with Crippen LogP contribution in [0.25, 0.3) is 28.2 Å². The van der Waals surface area contributed by atoms with Gasteiger partial charge in [0.25, 0.3) is 0 Å². The van der Waals surface area contributed by atoms with Gasteiger partial charge in [0, 0.05) is 65.2 Å². The lowest BCUT2D eigenvalue weighted by atomic mass is 9.57. The van der Waals surface area contributed by atoms with Gasteiger partial charge >= 0.3 is 0 Å². The molecule has 1 spiro atoms. The second-order valence-corrected chi connectivity index (χ2v) is 12.4. The standard InChI is InChI=1S/C31H30Cl2N4O2/c1-18(2)38-27-9-10-35-26-8-6-21(11-23(26)27)37-16-31(17-37)12-19(13-31)3-7-22-29(36-39-30(22)20-4-5-20)28-24(32)14-34-15-25(28)33/h3,6-11,14-15,18-20H,4-5,12-13,16-17H2,1-2H3/b7-3+. The molecular formula is C31H30Cl2N4O2. The molecule has 7 rings (SSSR count). The molecule has 3 aliphatic rings. The summed E-state index contributed by atoms with van der Waals surface area (Å²) in [6.07, 6.45) is 14.3. The van der Waals surface area contributed by atoms with Gasteiger partial charge < -0.3 is 14.2 Å². The van der Waals surface area contributed by atoms with Gasteiger partial charge in [-0.1, -0.05) is 40.5 Å². The van der Waals surface area contributed by atoms with E-state index in [0.717, 1.165) is 53.9 Å². The van der Waals surface area contributed by atoms with Crippen molar-refractivity contribution in [2.45, 2.75) is 51.6 Å². The van der Waals surface area contributed by atoms with Crippen LogP contribution in [0, 0.1) is 11.3 Å². The van der Waals surface area contributed by atoms with E-state index in [1.165, 1.54) is 18.5 Å². The molecule has 2 saturated carbocycles. The Morgan fingerprint density at radius 1 is 1.10 bits per heavy atom. The maximum atomic E-state index is 6.46. The van der Waals surface area contributed by atoms with Crippen LogP contribution >= 0.6 is 23.2 Å². The zero-order valence-corrected chi connectivity index (χ0v) is 23.5. The molecule has 0 atom stereocenters. The third kappa shape index (κ3) is 4.57. The highest BCUT2D eigenvalue weighted by Crippen LogP contribution is 2.54. The van der Waals surface area contributed by atoms with E-state index in [1.54, 1.807) is 12.4 Å². The first-order valence-electron chi connectivity index (χ1n) is 13.7. The largest absolute Gasteiger partial charge is 0.490 e. The summed E-state index contributed by atoms with van der Waals surface area (Å²) in [4.78, 5) is 11.1. The van der Waals surface area contributed by atoms with E-state index in [1.807, 2.05) is 12.3 Å². The van der Waals surface area contributed by atoms with Crippen molar-refractivity contribution in [1.82, 2.24) is 15.1 Å². The number of anilines is 1. The summed E-state index contributed by atoms with van der Waals surface area (Å²) in [5, 5.41) is 6.43. The molecule has 39 heavy (non-hydrogen) atoms. The van der Waals surface area contributed by atoms with Gasteiger partial charge in [0.2, 0.25) is 0 Å². The number of hydrogen-bond donors (Lipinski definition) is 0. The maximum Gasteiger partial charge on any atom is 0.147 e. The monoisotopic (exact) mass is 560 g/mol. The average Bonchev–Trinajstić information content (AvgIpc) is 3.62. The molecule has 6 nitrogen and oxygen atoms in total. The molecule has 4 heterocycles. The first-order chi connectivity index (χ1) is 18.9. The summed E-state index contributed by atoms with van der Waals surface area (Å²) in [5.74, 6) is 2.81. The van der Waals surface area contributed by atoms with Gasteiger partial charge in [0.05, 0.1) is 21.7 Å². The molecule has 0 N–H and O–H groups in total. The van der Waals surface area contributed by atoms with E-state index >= 15 is 0 Å². The number of pyridine rings is 2. The maximum absolute atomic E-state index is 6.46. The van der Waals surface area contributed by atoms with Crippen LogP contribution in [0.5, 0.6) is 5.75 Å². The molecule has 8 heteroatoms. The van der Waals surface area contributed by atoms with Crippen molar-refractivity contribution in [3.63, 3.8) is 0 Å². The number of ether oxygens (including phenoxy) is 1. The molecular weight excluding hydrogens is 531 g/mol. The van der Waals surface area contributed by atoms with E-state index in [4.69, 9.17) is 32.5 Å². The van der Waals surface area contributed by atoms with Gasteiger partial charge in [-0.25, -0.2) is 0 Å². The highest BCUT2D eigenvalue weighted by molar-refractivity contribution is 6.39. The van der Waals surface area contributed by atoms with E-state index < -0.39 is 0 Å². The van der Waals surface area contributed by atoms with Gasteiger partial charge in [-0.2, -0.15) is 0 Å². The summed E-state index contributed by atoms with van der Waals surface area (Å²) in [5.41, 5.74) is 5.01. The number of benzene rings is 1. The molecule has 3 fully saturated rings. The molecule has 2 aliphatic carbocycles. The van der Waals surface area contributed by atoms with Crippen LogP contribution in [0.15, 0.2) is 53.5 Å². The highest BCUT2D eigenvalue weighted by atomic mass is 35.5. The van der Waals surface area contributed by atoms with E-state index in [0.29, 0.717) is 38.6 Å². The van der Waals surface area contributed by atoms with Crippen molar-refractivity contribution < 1.29 is 9.26 Å². The topological polar surface area (TPSA) is 64.3 Å². The third-order valence-electron chi connectivity index (χ3n) is 8.19. The summed E-state index contributed by atoms with van der Waals surface area (Å²) in [6.45, 7) is 6.27. The second kappa shape index (κ2) is 9.53. The Bertz CT molecular complexity index is 1560. The van der Waals surface area contributed by atoms with Crippen molar-refractivity contribution in [3.8, 4) is 17.0 Å². The summed E-state index contributed by atoms with van der Waals surface area (Å²) >= 11 is 12.9. The minimum atomic E-state index is 0.124. The van der Waals surface area contributed by atoms with Crippen molar-refractivity contribution in [1.29, 1.82) is 0 Å². The average molecular weight is 562 g/mol. The van der Waals surface area contributed by atoms with Crippen LogP contribution < -0.4 is 9.64 Å². The fraction of sp³-hybridized carbons (Fsp3) is 0.387. The van der Waals surface area contributed by atoms with E-state index in [-0.39, 0.29) is 6.10 Å². The summed E-state index contributed by atoms with van der Waals surface area (Å²) < 4.78 is 11.8. The van der Waals surface area contributed by atoms with Crippen molar-refractivity contribution in [2.75, 3.05) is 18.0 Å². The number of fused-ring (bicyclic) bond motifs is 1. The lowest BCUT2D eigenvalue weighted by molar-refractivity contribution is 0.0486. The predicted octanol–water partition coefficient (Wildman–Crippen LogP) is 8.19. The normalized spacial score (nSPS) is 18.7. The van der Waals surface area contributed by atoms with Crippen LogP contribution in [0.4, 0.5) is 5.69 Å². The van der Waals surface area contributed by atoms with Crippen molar-refractivity contribution in [2.24, 2.45) is 11.3 Å². The first kappa shape index (κ1) is 24.9. The Hall–Kier alpha value is -3.09. The zero-order chi connectivity index (χ0) is 26.7. The van der Waals surface area contributed by atoms with Crippen LogP contribution in [0.2, 0.25) is 10.0 Å². The van der Waals surface area contributed by atoms with Crippen LogP contribution in [0.3, 0.4) is 0 Å². The lowest BCUT2D eigenvalue weighted by Crippen LogP contribution is -2.62. The first-order valence-corrected chi connectivity index (χ1v) is 14.4. The van der Waals surface area contributed by atoms with Crippen LogP contribution in [-0.2, 0) is 0 Å². The fourth-order valence-corrected chi connectivity index (χ4v) is 6.76. The van der Waals surface area contributed by atoms with Crippen molar-refractivity contribution in [3.05, 3.63) is 70.3 Å². The third-order valence-corrected chi connectivity index (χ3v) is 8.76. The van der Waals surface area contributed by atoms with Crippen LogP contribution in [-0.4, -0.2) is 34.3 Å². The summed E-state index contributed by atoms with van der Waals surface area (Å²) in [7, 11) is 0. The predicted molar refractivity (Wildman–Crippen MR) is 156 cm³/mol. The van der Waals surface area contributed by atoms with E-state index in [2.05, 4.69) is 64.2 Å². The number of nitrogens with zero attached hydrogens (tertiary/aromatic N) is 4. The Kier molecular flexibility index (Phi) is 6.09. The molecule has 1 saturated heterocycles. The fourth-order valence-electron chi connectivity index (χ4n) is 6.22.